The largest absolute Gasteiger partial charge is 0.575 e. The zero-order chi connectivity index (χ0) is 13.9. The molecule has 0 aromatic heterocycles. The van der Waals surface area contributed by atoms with Gasteiger partial charge in [-0.25, -0.2) is 4.99 Å². The van der Waals surface area contributed by atoms with Crippen LogP contribution < -0.4 is 0 Å². The zero-order valence-corrected chi connectivity index (χ0v) is 13.6. The quantitative estimate of drug-likeness (QED) is 0.306. The second-order valence-corrected chi connectivity index (χ2v) is 5.94. The van der Waals surface area contributed by atoms with Gasteiger partial charge in [-0.05, 0) is 27.7 Å². The van der Waals surface area contributed by atoms with Gasteiger partial charge in [-0.2, -0.15) is 12.6 Å². The van der Waals surface area contributed by atoms with Crippen molar-refractivity contribution in [3.63, 3.8) is 0 Å². The summed E-state index contributed by atoms with van der Waals surface area (Å²) in [6.45, 7) is 9.80. The van der Waals surface area contributed by atoms with Crippen molar-refractivity contribution in [2.24, 2.45) is 9.98 Å². The van der Waals surface area contributed by atoms with Gasteiger partial charge in [0.15, 0.2) is 5.46 Å². The number of amidine groups is 1. The maximum atomic E-state index is 5.75. The maximum absolute atomic E-state index is 5.75. The fraction of sp³-hybridized carbons (Fsp3) is 0.818. The molecule has 18 heavy (non-hydrogen) atoms. The van der Waals surface area contributed by atoms with Crippen LogP contribution in [0.2, 0.25) is 0 Å². The van der Waals surface area contributed by atoms with Crippen molar-refractivity contribution in [2.45, 2.75) is 27.7 Å². The van der Waals surface area contributed by atoms with E-state index in [-0.39, 0.29) is 0 Å². The van der Waals surface area contributed by atoms with Crippen molar-refractivity contribution < 1.29 is 13.3 Å². The van der Waals surface area contributed by atoms with Crippen LogP contribution in [0.5, 0.6) is 0 Å². The summed E-state index contributed by atoms with van der Waals surface area (Å²) in [5.41, 5.74) is 0.532. The second kappa shape index (κ2) is 10.7. The van der Waals surface area contributed by atoms with Crippen molar-refractivity contribution in [2.75, 3.05) is 32.1 Å². The van der Waals surface area contributed by atoms with Gasteiger partial charge in [0.1, 0.15) is 0 Å². The van der Waals surface area contributed by atoms with Crippen LogP contribution in [-0.2, 0) is 13.3 Å². The molecule has 0 aliphatic heterocycles. The van der Waals surface area contributed by atoms with Crippen molar-refractivity contribution in [1.29, 1.82) is 0 Å². The van der Waals surface area contributed by atoms with Crippen molar-refractivity contribution in [3.8, 4) is 0 Å². The highest BCUT2D eigenvalue weighted by Crippen LogP contribution is 2.14. The summed E-state index contributed by atoms with van der Waals surface area (Å²) in [7, 11) is -2.97. The lowest BCUT2D eigenvalue weighted by Crippen LogP contribution is -2.53. The van der Waals surface area contributed by atoms with Crippen LogP contribution >= 0.6 is 12.6 Å². The average molecular weight is 292 g/mol. The van der Waals surface area contributed by atoms with Crippen molar-refractivity contribution in [3.05, 3.63) is 0 Å². The third-order valence-corrected chi connectivity index (χ3v) is 4.88. The molecule has 0 heterocycles. The zero-order valence-electron chi connectivity index (χ0n) is 11.7. The lowest BCUT2D eigenvalue weighted by atomic mass is 10.8. The lowest BCUT2D eigenvalue weighted by Gasteiger charge is -2.27. The first-order valence-electron chi connectivity index (χ1n) is 6.30. The minimum absolute atomic E-state index is 0.505. The number of nitrogens with zero attached hydrogens (tertiary/aromatic N) is 2. The molecule has 0 rings (SSSR count). The predicted octanol–water partition coefficient (Wildman–Crippen LogP) is 1.99. The monoisotopic (exact) mass is 292 g/mol. The van der Waals surface area contributed by atoms with E-state index in [0.717, 1.165) is 0 Å². The molecule has 0 fully saturated rings. The molecule has 0 amide bonds. The lowest BCUT2D eigenvalue weighted by molar-refractivity contribution is 0.0894. The molecular weight excluding hydrogens is 268 g/mol. The summed E-state index contributed by atoms with van der Waals surface area (Å²) in [6, 6.07) is 0. The van der Waals surface area contributed by atoms with E-state index in [1.165, 1.54) is 0 Å². The van der Waals surface area contributed by atoms with E-state index in [2.05, 4.69) is 22.6 Å². The van der Waals surface area contributed by atoms with Gasteiger partial charge in [-0.1, -0.05) is 0 Å². The van der Waals surface area contributed by atoms with Crippen LogP contribution in [0.3, 0.4) is 0 Å². The fourth-order valence-electron chi connectivity index (χ4n) is 1.38. The van der Waals surface area contributed by atoms with Crippen molar-refractivity contribution >= 4 is 33.1 Å². The molecule has 0 radical (unpaired) electrons. The molecule has 0 unspecified atom stereocenters. The Labute approximate surface area is 116 Å². The van der Waals surface area contributed by atoms with E-state index in [0.29, 0.717) is 37.6 Å². The molecule has 0 bridgehead atoms. The highest BCUT2D eigenvalue weighted by molar-refractivity contribution is 7.80. The third kappa shape index (κ3) is 5.62. The first-order chi connectivity index (χ1) is 8.70. The Hall–Kier alpha value is -0.213. The highest BCUT2D eigenvalue weighted by Gasteiger charge is 2.47. The molecule has 0 aliphatic rings. The van der Waals surface area contributed by atoms with Crippen LogP contribution in [0.1, 0.15) is 27.7 Å². The van der Waals surface area contributed by atoms with E-state index in [4.69, 9.17) is 13.3 Å². The molecular formula is C11H24N2O3SSi. The van der Waals surface area contributed by atoms with E-state index in [1.54, 1.807) is 6.21 Å². The molecule has 0 spiro atoms. The van der Waals surface area contributed by atoms with Crippen LogP contribution in [0.15, 0.2) is 9.98 Å². The van der Waals surface area contributed by atoms with Gasteiger partial charge in [0.2, 0.25) is 0 Å². The first kappa shape index (κ1) is 17.8. The molecule has 0 saturated heterocycles. The maximum Gasteiger partial charge on any atom is 0.575 e. The van der Waals surface area contributed by atoms with E-state index in [9.17, 15) is 0 Å². The third-order valence-electron chi connectivity index (χ3n) is 1.88. The van der Waals surface area contributed by atoms with Gasteiger partial charge in [0, 0.05) is 38.3 Å². The number of rotatable bonds is 9. The minimum Gasteiger partial charge on any atom is -0.369 e. The summed E-state index contributed by atoms with van der Waals surface area (Å²) in [5.74, 6) is 0.539. The molecule has 0 N–H and O–H groups in total. The van der Waals surface area contributed by atoms with Crippen LogP contribution in [-0.4, -0.2) is 52.6 Å². The van der Waals surface area contributed by atoms with Crippen molar-refractivity contribution in [1.82, 2.24) is 0 Å². The van der Waals surface area contributed by atoms with Gasteiger partial charge in [-0.3, -0.25) is 4.99 Å². The predicted molar refractivity (Wildman–Crippen MR) is 81.0 cm³/mol. The van der Waals surface area contributed by atoms with E-state index >= 15 is 0 Å². The van der Waals surface area contributed by atoms with Crippen LogP contribution in [0.25, 0.3) is 0 Å². The summed E-state index contributed by atoms with van der Waals surface area (Å²) in [4.78, 5) is 8.66. The van der Waals surface area contributed by atoms with Gasteiger partial charge in [0.05, 0.1) is 0 Å². The molecule has 106 valence electrons. The Kier molecular flexibility index (Phi) is 10.6. The first-order valence-corrected chi connectivity index (χ1v) is 8.66. The topological polar surface area (TPSA) is 52.4 Å². The Morgan fingerprint density at radius 1 is 1.06 bits per heavy atom. The van der Waals surface area contributed by atoms with Gasteiger partial charge >= 0.3 is 8.80 Å². The minimum atomic E-state index is -2.97. The van der Waals surface area contributed by atoms with Gasteiger partial charge in [-0.15, -0.1) is 0 Å². The number of hydrogen-bond acceptors (Lipinski definition) is 5. The summed E-state index contributed by atoms with van der Waals surface area (Å²) in [5, 5.41) is 0. The van der Waals surface area contributed by atoms with Crippen LogP contribution in [0, 0.1) is 0 Å². The number of hydrogen-bond donors (Lipinski definition) is 1. The van der Waals surface area contributed by atoms with E-state index < -0.39 is 8.80 Å². The molecule has 0 saturated carbocycles. The van der Waals surface area contributed by atoms with Gasteiger partial charge < -0.3 is 13.3 Å². The SMILES string of the molecule is CCN=C(N=CCS)[Si](OCC)(OCC)OCC. The molecule has 5 nitrogen and oxygen atoms in total. The Morgan fingerprint density at radius 3 is 1.89 bits per heavy atom. The molecule has 0 atom stereocenters. The molecule has 7 heteroatoms. The number of thiol groups is 1. The van der Waals surface area contributed by atoms with Gasteiger partial charge in [0.25, 0.3) is 0 Å². The highest BCUT2D eigenvalue weighted by atomic mass is 32.1. The average Bonchev–Trinajstić information content (AvgIpc) is 2.35. The summed E-state index contributed by atoms with van der Waals surface area (Å²) in [6.07, 6.45) is 1.68. The Morgan fingerprint density at radius 2 is 1.56 bits per heavy atom. The smallest absolute Gasteiger partial charge is 0.369 e. The van der Waals surface area contributed by atoms with Crippen LogP contribution in [0.4, 0.5) is 0 Å². The Balaban J connectivity index is 5.28. The number of aliphatic imine (C=N–C) groups is 2. The fourth-order valence-corrected chi connectivity index (χ4v) is 3.84. The molecule has 0 aliphatic carbocycles. The summed E-state index contributed by atoms with van der Waals surface area (Å²) >= 11 is 4.10. The standard InChI is InChI=1S/C11H24N2O3SSi/c1-5-12-11(13-9-10-17)18(14-6-2,15-7-3)16-8-4/h9,17H,5-8,10H2,1-4H3. The Bertz CT molecular complexity index is 258. The summed E-state index contributed by atoms with van der Waals surface area (Å²) < 4.78 is 17.2. The molecule has 0 aromatic carbocycles. The van der Waals surface area contributed by atoms with E-state index in [1.807, 2.05) is 27.7 Å². The second-order valence-electron chi connectivity index (χ2n) is 3.15. The molecule has 0 aromatic rings. The normalized spacial score (nSPS) is 13.5.